The Morgan fingerprint density at radius 3 is 2.74 bits per heavy atom. The molecule has 0 unspecified atom stereocenters. The summed E-state index contributed by atoms with van der Waals surface area (Å²) in [5.74, 6) is 0. The molecule has 3 atom stereocenters. The number of urea groups is 1. The molecule has 0 aromatic heterocycles. The fourth-order valence-corrected chi connectivity index (χ4v) is 3.55. The fourth-order valence-electron chi connectivity index (χ4n) is 3.55. The molecule has 0 spiro atoms. The molecule has 1 heterocycles. The first kappa shape index (κ1) is 16.3. The zero-order valence-electron chi connectivity index (χ0n) is 13.7. The van der Waals surface area contributed by atoms with Gasteiger partial charge in [0.1, 0.15) is 0 Å². The molecule has 1 aliphatic carbocycles. The molecule has 5 heteroatoms. The fraction of sp³-hybridized carbons (Fsp3) is 0.611. The molecule has 126 valence electrons. The molecule has 2 fully saturated rings. The van der Waals surface area contributed by atoms with Crippen molar-refractivity contribution in [1.82, 2.24) is 15.5 Å². The lowest BCUT2D eigenvalue weighted by atomic mass is 10.1. The molecular weight excluding hydrogens is 290 g/mol. The molecule has 1 saturated carbocycles. The Kier molecular flexibility index (Phi) is 5.18. The van der Waals surface area contributed by atoms with Crippen LogP contribution >= 0.6 is 0 Å². The summed E-state index contributed by atoms with van der Waals surface area (Å²) in [5, 5.41) is 15.5. The number of nitrogens with one attached hydrogen (secondary N) is 2. The summed E-state index contributed by atoms with van der Waals surface area (Å²) < 4.78 is 0. The second-order valence-corrected chi connectivity index (χ2v) is 6.90. The van der Waals surface area contributed by atoms with Crippen LogP contribution in [0.4, 0.5) is 4.79 Å². The average molecular weight is 317 g/mol. The number of rotatable bonds is 6. The number of amides is 2. The Hall–Kier alpha value is -1.59. The minimum atomic E-state index is -0.254. The molecule has 1 saturated heterocycles. The monoisotopic (exact) mass is 317 g/mol. The van der Waals surface area contributed by atoms with Gasteiger partial charge in [0.2, 0.25) is 0 Å². The third-order valence-corrected chi connectivity index (χ3v) is 4.85. The second-order valence-electron chi connectivity index (χ2n) is 6.90. The molecule has 3 N–H and O–H groups in total. The molecule has 2 aliphatic rings. The van der Waals surface area contributed by atoms with Crippen LogP contribution < -0.4 is 10.6 Å². The molecule has 1 aromatic carbocycles. The Bertz CT molecular complexity index is 518. The van der Waals surface area contributed by atoms with Crippen molar-refractivity contribution in [2.24, 2.45) is 0 Å². The number of hydrogen-bond acceptors (Lipinski definition) is 3. The molecule has 0 radical (unpaired) electrons. The molecule has 1 aliphatic heterocycles. The van der Waals surface area contributed by atoms with Gasteiger partial charge in [-0.25, -0.2) is 4.79 Å². The summed E-state index contributed by atoms with van der Waals surface area (Å²) in [4.78, 5) is 14.7. The number of aliphatic hydroxyl groups is 1. The molecule has 3 rings (SSSR count). The van der Waals surface area contributed by atoms with Gasteiger partial charge >= 0.3 is 6.03 Å². The smallest absolute Gasteiger partial charge is 0.315 e. The predicted molar refractivity (Wildman–Crippen MR) is 90.3 cm³/mol. The van der Waals surface area contributed by atoms with Gasteiger partial charge in [-0.15, -0.1) is 0 Å². The highest BCUT2D eigenvalue weighted by Gasteiger charge is 2.39. The highest BCUT2D eigenvalue weighted by Crippen LogP contribution is 2.33. The van der Waals surface area contributed by atoms with Crippen LogP contribution in [0.2, 0.25) is 0 Å². The average Bonchev–Trinajstić information content (AvgIpc) is 3.31. The van der Waals surface area contributed by atoms with E-state index in [0.29, 0.717) is 12.5 Å². The molecule has 0 bridgehead atoms. The Balaban J connectivity index is 1.46. The molecule has 23 heavy (non-hydrogen) atoms. The molecule has 2 amide bonds. The van der Waals surface area contributed by atoms with E-state index >= 15 is 0 Å². The lowest BCUT2D eigenvalue weighted by Gasteiger charge is -2.20. The largest absolute Gasteiger partial charge is 0.394 e. The van der Waals surface area contributed by atoms with Gasteiger partial charge in [0, 0.05) is 24.7 Å². The van der Waals surface area contributed by atoms with Crippen LogP contribution in [0.3, 0.4) is 0 Å². The van der Waals surface area contributed by atoms with Gasteiger partial charge in [-0.1, -0.05) is 30.3 Å². The minimum absolute atomic E-state index is 0.0580. The first-order chi connectivity index (χ1) is 11.2. The van der Waals surface area contributed by atoms with Gasteiger partial charge in [0.05, 0.1) is 12.6 Å². The van der Waals surface area contributed by atoms with Crippen molar-refractivity contribution in [3.63, 3.8) is 0 Å². The van der Waals surface area contributed by atoms with Crippen molar-refractivity contribution in [3.05, 3.63) is 35.9 Å². The maximum atomic E-state index is 12.2. The number of likely N-dealkylation sites (tertiary alicyclic amines) is 1. The topological polar surface area (TPSA) is 64.6 Å². The van der Waals surface area contributed by atoms with Crippen LogP contribution in [0.5, 0.6) is 0 Å². The summed E-state index contributed by atoms with van der Waals surface area (Å²) >= 11 is 0. The first-order valence-electron chi connectivity index (χ1n) is 8.63. The highest BCUT2D eigenvalue weighted by molar-refractivity contribution is 5.74. The van der Waals surface area contributed by atoms with E-state index in [2.05, 4.69) is 22.5 Å². The van der Waals surface area contributed by atoms with Crippen molar-refractivity contribution in [1.29, 1.82) is 0 Å². The third kappa shape index (κ3) is 4.45. The van der Waals surface area contributed by atoms with Gasteiger partial charge in [-0.2, -0.15) is 0 Å². The van der Waals surface area contributed by atoms with Gasteiger partial charge < -0.3 is 15.7 Å². The summed E-state index contributed by atoms with van der Waals surface area (Å²) in [6.45, 7) is 3.13. The zero-order chi connectivity index (χ0) is 16.2. The number of benzene rings is 1. The SMILES string of the molecule is C[C@@H]1C[C@@H](NC(=O)N[C@H](CO)Cc2ccccc2)CN1C1CC1. The van der Waals surface area contributed by atoms with E-state index in [9.17, 15) is 9.90 Å². The van der Waals surface area contributed by atoms with E-state index in [4.69, 9.17) is 0 Å². The zero-order valence-corrected chi connectivity index (χ0v) is 13.7. The number of aliphatic hydroxyl groups excluding tert-OH is 1. The molecular formula is C18H27N3O2. The minimum Gasteiger partial charge on any atom is -0.394 e. The van der Waals surface area contributed by atoms with Crippen molar-refractivity contribution in [3.8, 4) is 0 Å². The lowest BCUT2D eigenvalue weighted by molar-refractivity contribution is 0.212. The third-order valence-electron chi connectivity index (χ3n) is 4.85. The standard InChI is InChI=1S/C18H27N3O2/c1-13-9-15(11-21(13)17-7-8-17)19-18(23)20-16(12-22)10-14-5-3-2-4-6-14/h2-6,13,15-17,22H,7-12H2,1H3,(H2,19,20,23)/t13-,15-,16+/m1/s1. The number of nitrogens with zero attached hydrogens (tertiary/aromatic N) is 1. The van der Waals surface area contributed by atoms with E-state index < -0.39 is 0 Å². The van der Waals surface area contributed by atoms with Crippen LogP contribution in [0.1, 0.15) is 31.7 Å². The Morgan fingerprint density at radius 2 is 2.09 bits per heavy atom. The number of carbonyl (C=O) groups is 1. The van der Waals surface area contributed by atoms with E-state index in [1.165, 1.54) is 12.8 Å². The second kappa shape index (κ2) is 7.32. The van der Waals surface area contributed by atoms with Crippen LogP contribution in [0, 0.1) is 0 Å². The first-order valence-corrected chi connectivity index (χ1v) is 8.63. The molecule has 1 aromatic rings. The van der Waals surface area contributed by atoms with E-state index in [1.807, 2.05) is 30.3 Å². The van der Waals surface area contributed by atoms with Crippen molar-refractivity contribution >= 4 is 6.03 Å². The van der Waals surface area contributed by atoms with Gasteiger partial charge in [-0.3, -0.25) is 4.90 Å². The lowest BCUT2D eigenvalue weighted by Crippen LogP contribution is -2.49. The summed E-state index contributed by atoms with van der Waals surface area (Å²) in [6, 6.07) is 11.0. The molecule has 5 nitrogen and oxygen atoms in total. The van der Waals surface area contributed by atoms with E-state index in [-0.39, 0.29) is 24.7 Å². The van der Waals surface area contributed by atoms with Crippen LogP contribution in [0.25, 0.3) is 0 Å². The van der Waals surface area contributed by atoms with Crippen molar-refractivity contribution < 1.29 is 9.90 Å². The van der Waals surface area contributed by atoms with Crippen LogP contribution in [0.15, 0.2) is 30.3 Å². The Morgan fingerprint density at radius 1 is 1.35 bits per heavy atom. The Labute approximate surface area is 138 Å². The van der Waals surface area contributed by atoms with Gasteiger partial charge in [0.15, 0.2) is 0 Å². The normalized spacial score (nSPS) is 26.0. The summed E-state index contributed by atoms with van der Waals surface area (Å²) in [5.41, 5.74) is 1.11. The maximum absolute atomic E-state index is 12.2. The van der Waals surface area contributed by atoms with Crippen molar-refractivity contribution in [2.45, 2.75) is 56.8 Å². The van der Waals surface area contributed by atoms with E-state index in [0.717, 1.165) is 24.6 Å². The van der Waals surface area contributed by atoms with Crippen LogP contribution in [-0.4, -0.2) is 53.4 Å². The van der Waals surface area contributed by atoms with Gasteiger partial charge in [0.25, 0.3) is 0 Å². The van der Waals surface area contributed by atoms with Gasteiger partial charge in [-0.05, 0) is 38.2 Å². The van der Waals surface area contributed by atoms with Crippen LogP contribution in [-0.2, 0) is 6.42 Å². The highest BCUT2D eigenvalue weighted by atomic mass is 16.3. The van der Waals surface area contributed by atoms with E-state index in [1.54, 1.807) is 0 Å². The predicted octanol–water partition coefficient (Wildman–Crippen LogP) is 1.51. The summed E-state index contributed by atoms with van der Waals surface area (Å²) in [6.07, 6.45) is 4.24. The maximum Gasteiger partial charge on any atom is 0.315 e. The number of hydrogen-bond donors (Lipinski definition) is 3. The quantitative estimate of drug-likeness (QED) is 0.745. The summed E-state index contributed by atoms with van der Waals surface area (Å²) in [7, 11) is 0. The van der Waals surface area contributed by atoms with Crippen molar-refractivity contribution in [2.75, 3.05) is 13.2 Å². The number of carbonyl (C=O) groups excluding carboxylic acids is 1.